The Morgan fingerprint density at radius 2 is 1.93 bits per heavy atom. The first-order valence-electron chi connectivity index (χ1n) is 13.7. The van der Waals surface area contributed by atoms with Crippen molar-refractivity contribution in [3.8, 4) is 22.8 Å². The van der Waals surface area contributed by atoms with Crippen LogP contribution in [-0.2, 0) is 15.8 Å². The van der Waals surface area contributed by atoms with Crippen LogP contribution in [0.15, 0.2) is 42.6 Å². The van der Waals surface area contributed by atoms with E-state index in [9.17, 15) is 27.9 Å². The zero-order valence-electron chi connectivity index (χ0n) is 23.8. The number of carbonyl (C=O) groups is 2. The van der Waals surface area contributed by atoms with Crippen molar-refractivity contribution in [1.29, 1.82) is 0 Å². The lowest BCUT2D eigenvalue weighted by atomic mass is 9.81. The van der Waals surface area contributed by atoms with Crippen LogP contribution in [0.4, 0.5) is 13.2 Å². The second-order valence-corrected chi connectivity index (χ2v) is 12.2. The van der Waals surface area contributed by atoms with Gasteiger partial charge < -0.3 is 25.6 Å². The predicted molar refractivity (Wildman–Crippen MR) is 159 cm³/mol. The van der Waals surface area contributed by atoms with Gasteiger partial charge in [0.1, 0.15) is 34.7 Å². The number of hydrogen-bond acceptors (Lipinski definition) is 7. The summed E-state index contributed by atoms with van der Waals surface area (Å²) >= 11 is 12.2. The lowest BCUT2D eigenvalue weighted by molar-refractivity contribution is -0.265. The molecule has 2 aliphatic rings. The third kappa shape index (κ3) is 5.22. The SMILES string of the molecule is COc1cc(C(=O)NCC(O)(c2cc3c(c(-c4ccc(Cl)c(Cl)c4)n2)OC[C@]3(C)C(N)=O)C(F)(F)F)cc2cn(C3CC3)nc12. The number of nitrogens with zero attached hydrogens (tertiary/aromatic N) is 3. The highest BCUT2D eigenvalue weighted by Crippen LogP contribution is 2.48. The van der Waals surface area contributed by atoms with Crippen LogP contribution < -0.4 is 20.5 Å². The minimum absolute atomic E-state index is 0.000796. The summed E-state index contributed by atoms with van der Waals surface area (Å²) in [6, 6.07) is 8.25. The van der Waals surface area contributed by atoms with Gasteiger partial charge in [-0.3, -0.25) is 14.3 Å². The van der Waals surface area contributed by atoms with Crippen LogP contribution in [0.25, 0.3) is 22.2 Å². The summed E-state index contributed by atoms with van der Waals surface area (Å²) in [5.74, 6) is -1.51. The average molecular weight is 664 g/mol. The van der Waals surface area contributed by atoms with E-state index < -0.39 is 41.2 Å². The molecule has 0 bridgehead atoms. The summed E-state index contributed by atoms with van der Waals surface area (Å²) in [5, 5.41) is 18.9. The molecule has 4 aromatic rings. The van der Waals surface area contributed by atoms with Gasteiger partial charge >= 0.3 is 6.18 Å². The number of benzene rings is 2. The molecule has 1 aliphatic carbocycles. The van der Waals surface area contributed by atoms with Gasteiger partial charge in [0.05, 0.1) is 35.4 Å². The highest BCUT2D eigenvalue weighted by atomic mass is 35.5. The predicted octanol–water partition coefficient (Wildman–Crippen LogP) is 5.06. The maximum Gasteiger partial charge on any atom is 0.424 e. The number of amides is 2. The summed E-state index contributed by atoms with van der Waals surface area (Å²) in [4.78, 5) is 29.9. The highest BCUT2D eigenvalue weighted by molar-refractivity contribution is 6.42. The molecule has 3 heterocycles. The molecule has 2 aromatic carbocycles. The first-order valence-corrected chi connectivity index (χ1v) is 14.5. The van der Waals surface area contributed by atoms with Crippen LogP contribution in [0.1, 0.15) is 47.4 Å². The highest BCUT2D eigenvalue weighted by Gasteiger charge is 2.57. The number of aliphatic hydroxyl groups is 1. The number of hydrogen-bond donors (Lipinski definition) is 3. The Bertz CT molecular complexity index is 1880. The Morgan fingerprint density at radius 1 is 1.20 bits per heavy atom. The summed E-state index contributed by atoms with van der Waals surface area (Å²) in [6.07, 6.45) is -1.66. The van der Waals surface area contributed by atoms with Crippen molar-refractivity contribution in [2.75, 3.05) is 20.3 Å². The first kappa shape index (κ1) is 30.9. The van der Waals surface area contributed by atoms with Gasteiger partial charge in [-0.25, -0.2) is 4.98 Å². The Kier molecular flexibility index (Phi) is 7.41. The van der Waals surface area contributed by atoms with Crippen molar-refractivity contribution in [3.05, 3.63) is 69.5 Å². The lowest BCUT2D eigenvalue weighted by Crippen LogP contribution is -2.51. The second kappa shape index (κ2) is 10.8. The molecule has 2 aromatic heterocycles. The number of ether oxygens (including phenoxy) is 2. The van der Waals surface area contributed by atoms with Crippen molar-refractivity contribution in [2.45, 2.75) is 43.0 Å². The number of alkyl halides is 3. The van der Waals surface area contributed by atoms with Crippen molar-refractivity contribution in [2.24, 2.45) is 5.73 Å². The smallest absolute Gasteiger partial charge is 0.424 e. The van der Waals surface area contributed by atoms with Crippen LogP contribution in [0.2, 0.25) is 10.0 Å². The molecule has 1 fully saturated rings. The zero-order valence-corrected chi connectivity index (χ0v) is 25.3. The van der Waals surface area contributed by atoms with E-state index in [1.807, 2.05) is 0 Å². The first-order chi connectivity index (χ1) is 21.2. The van der Waals surface area contributed by atoms with Gasteiger partial charge in [0.25, 0.3) is 5.91 Å². The Morgan fingerprint density at radius 3 is 2.56 bits per heavy atom. The van der Waals surface area contributed by atoms with Gasteiger partial charge in [-0.05, 0) is 50.1 Å². The third-order valence-corrected chi connectivity index (χ3v) is 8.94. The Balaban J connectivity index is 1.41. The molecule has 15 heteroatoms. The molecule has 0 saturated heterocycles. The van der Waals surface area contributed by atoms with E-state index in [0.717, 1.165) is 18.9 Å². The van der Waals surface area contributed by atoms with Crippen LogP contribution in [0.3, 0.4) is 0 Å². The minimum Gasteiger partial charge on any atom is -0.494 e. The number of primary amides is 1. The molecule has 2 amide bonds. The molecule has 0 spiro atoms. The normalized spacial score (nSPS) is 19.1. The van der Waals surface area contributed by atoms with Gasteiger partial charge in [-0.1, -0.05) is 29.3 Å². The second-order valence-electron chi connectivity index (χ2n) is 11.3. The number of aromatic nitrogens is 3. The third-order valence-electron chi connectivity index (χ3n) is 8.20. The van der Waals surface area contributed by atoms with Crippen LogP contribution in [-0.4, -0.2) is 58.1 Å². The van der Waals surface area contributed by atoms with Crippen LogP contribution in [0.5, 0.6) is 11.5 Å². The van der Waals surface area contributed by atoms with Gasteiger partial charge in [0.15, 0.2) is 0 Å². The number of pyridine rings is 1. The largest absolute Gasteiger partial charge is 0.494 e. The molecule has 2 atom stereocenters. The van der Waals surface area contributed by atoms with Crippen LogP contribution >= 0.6 is 23.2 Å². The minimum atomic E-state index is -5.34. The lowest BCUT2D eigenvalue weighted by Gasteiger charge is -2.31. The van der Waals surface area contributed by atoms with E-state index in [1.54, 1.807) is 10.9 Å². The number of nitrogens with one attached hydrogen (secondary N) is 1. The van der Waals surface area contributed by atoms with E-state index in [2.05, 4.69) is 15.4 Å². The quantitative estimate of drug-likeness (QED) is 0.239. The maximum atomic E-state index is 14.8. The Hall–Kier alpha value is -4.07. The molecule has 10 nitrogen and oxygen atoms in total. The average Bonchev–Trinajstić information content (AvgIpc) is 3.66. The van der Waals surface area contributed by atoms with E-state index in [-0.39, 0.29) is 56.6 Å². The van der Waals surface area contributed by atoms with Gasteiger partial charge in [0, 0.05) is 28.3 Å². The summed E-state index contributed by atoms with van der Waals surface area (Å²) < 4.78 is 57.2. The zero-order chi connectivity index (χ0) is 32.5. The van der Waals surface area contributed by atoms with E-state index >= 15 is 0 Å². The molecule has 1 aliphatic heterocycles. The number of nitrogens with two attached hydrogens (primary N) is 1. The number of halogens is 5. The maximum absolute atomic E-state index is 14.8. The molecule has 4 N–H and O–H groups in total. The molecule has 0 radical (unpaired) electrons. The molecular formula is C30H26Cl2F3N5O5. The van der Waals surface area contributed by atoms with Crippen molar-refractivity contribution >= 4 is 45.9 Å². The fraction of sp³-hybridized carbons (Fsp3) is 0.333. The van der Waals surface area contributed by atoms with Gasteiger partial charge in [0.2, 0.25) is 11.5 Å². The van der Waals surface area contributed by atoms with E-state index in [4.69, 9.17) is 38.4 Å². The summed E-state index contributed by atoms with van der Waals surface area (Å²) in [6.45, 7) is -0.190. The van der Waals surface area contributed by atoms with Crippen molar-refractivity contribution < 1.29 is 37.3 Å². The molecule has 1 saturated carbocycles. The number of fused-ring (bicyclic) bond motifs is 2. The number of rotatable bonds is 8. The van der Waals surface area contributed by atoms with E-state index in [1.165, 1.54) is 44.4 Å². The molecule has 6 rings (SSSR count). The molecule has 45 heavy (non-hydrogen) atoms. The number of carbonyl (C=O) groups excluding carboxylic acids is 2. The monoisotopic (exact) mass is 663 g/mol. The summed E-state index contributed by atoms with van der Waals surface area (Å²) in [5.41, 5.74) is 0.0258. The standard InChI is InChI=1S/C30H26Cl2F3N5O5/c1-28(27(36)42)13-45-25-18(28)10-22(38-24(25)14-3-6-19(31)20(32)8-14)29(43,30(33,34)35)12-37-26(41)15-7-16-11-40(17-4-5-17)39-23(16)21(9-15)44-2/h3,6-11,17,43H,4-5,12-13H2,1-2H3,(H2,36,42)(H,37,41)/t28-,29?/m0/s1. The molecule has 1 unspecified atom stereocenters. The van der Waals surface area contributed by atoms with Crippen molar-refractivity contribution in [1.82, 2.24) is 20.1 Å². The van der Waals surface area contributed by atoms with E-state index in [0.29, 0.717) is 10.9 Å². The molecule has 236 valence electrons. The summed E-state index contributed by atoms with van der Waals surface area (Å²) in [7, 11) is 1.39. The van der Waals surface area contributed by atoms with Gasteiger partial charge in [-0.15, -0.1) is 0 Å². The topological polar surface area (TPSA) is 142 Å². The van der Waals surface area contributed by atoms with Crippen LogP contribution in [0, 0.1) is 0 Å². The fourth-order valence-corrected chi connectivity index (χ4v) is 5.52. The number of methoxy groups -OCH3 is 1. The van der Waals surface area contributed by atoms with Gasteiger partial charge in [-0.2, -0.15) is 18.3 Å². The molecular weight excluding hydrogens is 638 g/mol. The van der Waals surface area contributed by atoms with Crippen molar-refractivity contribution in [3.63, 3.8) is 0 Å². The Labute approximate surface area is 264 Å². The fourth-order valence-electron chi connectivity index (χ4n) is 5.22.